The van der Waals surface area contributed by atoms with Crippen molar-refractivity contribution in [2.24, 2.45) is 0 Å². The molecule has 0 N–H and O–H groups in total. The number of hydrogen-bond donors (Lipinski definition) is 0. The van der Waals surface area contributed by atoms with Crippen LogP contribution in [-0.4, -0.2) is 47.0 Å². The molecule has 1 fully saturated rings. The van der Waals surface area contributed by atoms with E-state index in [1.165, 1.54) is 4.90 Å². The Morgan fingerprint density at radius 3 is 1.98 bits per heavy atom. The zero-order valence-electron chi connectivity index (χ0n) is 23.8. The van der Waals surface area contributed by atoms with Gasteiger partial charge in [-0.25, -0.2) is 9.59 Å². The summed E-state index contributed by atoms with van der Waals surface area (Å²) in [4.78, 5) is 57.4. The van der Waals surface area contributed by atoms with Gasteiger partial charge < -0.3 is 9.57 Å². The molecule has 0 saturated carbocycles. The number of imide groups is 1. The normalized spacial score (nSPS) is 14.1. The number of hydroxylamine groups is 2. The fourth-order valence-electron chi connectivity index (χ4n) is 6.28. The van der Waals surface area contributed by atoms with Crippen LogP contribution in [0.25, 0.3) is 32.7 Å². The van der Waals surface area contributed by atoms with E-state index < -0.39 is 30.4 Å². The summed E-state index contributed by atoms with van der Waals surface area (Å²) in [5.41, 5.74) is 5.16. The lowest BCUT2D eigenvalue weighted by atomic mass is 9.97. The van der Waals surface area contributed by atoms with E-state index in [0.717, 1.165) is 49.4 Å². The molecule has 1 heterocycles. The van der Waals surface area contributed by atoms with Gasteiger partial charge in [0.1, 0.15) is 13.2 Å². The van der Waals surface area contributed by atoms with Gasteiger partial charge in [-0.2, -0.15) is 0 Å². The molecule has 218 valence electrons. The van der Waals surface area contributed by atoms with Gasteiger partial charge in [-0.05, 0) is 55.4 Å². The summed E-state index contributed by atoms with van der Waals surface area (Å²) in [5.74, 6) is -2.25. The van der Waals surface area contributed by atoms with Crippen molar-refractivity contribution in [2.75, 3.05) is 13.2 Å². The molecule has 8 nitrogen and oxygen atoms in total. The summed E-state index contributed by atoms with van der Waals surface area (Å²) >= 11 is 0. The Bertz CT molecular complexity index is 1910. The van der Waals surface area contributed by atoms with Crippen LogP contribution < -0.4 is 0 Å². The molecule has 5 aromatic rings. The largest absolute Gasteiger partial charge is 0.448 e. The number of nitrogens with zero attached hydrogens (tertiary/aromatic N) is 2. The van der Waals surface area contributed by atoms with E-state index in [1.54, 1.807) is 0 Å². The molecule has 5 aromatic carbocycles. The van der Waals surface area contributed by atoms with Gasteiger partial charge in [0, 0.05) is 18.8 Å². The fraction of sp³-hybridized carbons (Fsp3) is 0.167. The topological polar surface area (TPSA) is 93.2 Å². The molecule has 2 aliphatic rings. The number of rotatable bonds is 7. The van der Waals surface area contributed by atoms with E-state index in [0.29, 0.717) is 5.06 Å². The number of carbonyl (C=O) groups is 4. The van der Waals surface area contributed by atoms with E-state index in [-0.39, 0.29) is 31.9 Å². The van der Waals surface area contributed by atoms with Gasteiger partial charge >= 0.3 is 12.1 Å². The number of fused-ring (bicyclic) bond motifs is 6. The van der Waals surface area contributed by atoms with Crippen molar-refractivity contribution in [3.8, 4) is 11.1 Å². The van der Waals surface area contributed by atoms with Crippen LogP contribution in [0.1, 0.15) is 35.4 Å². The van der Waals surface area contributed by atoms with Gasteiger partial charge in [-0.15, -0.1) is 5.06 Å². The Balaban J connectivity index is 1.18. The third kappa shape index (κ3) is 4.94. The number of ether oxygens (including phenoxy) is 1. The number of benzene rings is 5. The Kier molecular flexibility index (Phi) is 7.02. The first-order valence-electron chi connectivity index (χ1n) is 14.5. The number of amides is 3. The van der Waals surface area contributed by atoms with Crippen molar-refractivity contribution >= 4 is 45.4 Å². The van der Waals surface area contributed by atoms with Crippen molar-refractivity contribution in [2.45, 2.75) is 25.3 Å². The number of hydrogen-bond acceptors (Lipinski definition) is 6. The van der Waals surface area contributed by atoms with Gasteiger partial charge in [0.25, 0.3) is 11.8 Å². The molecule has 0 bridgehead atoms. The van der Waals surface area contributed by atoms with Crippen LogP contribution in [0.2, 0.25) is 0 Å². The third-order valence-electron chi connectivity index (χ3n) is 8.33. The zero-order valence-corrected chi connectivity index (χ0v) is 23.8. The zero-order chi connectivity index (χ0) is 30.2. The van der Waals surface area contributed by atoms with Gasteiger partial charge in [0.05, 0.1) is 6.54 Å². The summed E-state index contributed by atoms with van der Waals surface area (Å²) in [7, 11) is 0. The maximum atomic E-state index is 13.8. The maximum Gasteiger partial charge on any atom is 0.410 e. The number of carbonyl (C=O) groups excluding carboxylic acids is 4. The molecular formula is C36H28N2O6. The molecular weight excluding hydrogens is 556 g/mol. The molecule has 1 aliphatic heterocycles. The lowest BCUT2D eigenvalue weighted by molar-refractivity contribution is -0.197. The molecule has 7 rings (SSSR count). The monoisotopic (exact) mass is 584 g/mol. The quantitative estimate of drug-likeness (QED) is 0.164. The molecule has 44 heavy (non-hydrogen) atoms. The van der Waals surface area contributed by atoms with Crippen LogP contribution in [0.5, 0.6) is 0 Å². The molecule has 1 aliphatic carbocycles. The summed E-state index contributed by atoms with van der Waals surface area (Å²) in [6.45, 7) is -0.409. The van der Waals surface area contributed by atoms with Crippen LogP contribution in [0.15, 0.2) is 103 Å². The fourth-order valence-corrected chi connectivity index (χ4v) is 6.28. The van der Waals surface area contributed by atoms with Crippen molar-refractivity contribution < 1.29 is 28.8 Å². The maximum absolute atomic E-state index is 13.8. The summed E-state index contributed by atoms with van der Waals surface area (Å²) in [5, 5.41) is 4.50. The van der Waals surface area contributed by atoms with Gasteiger partial charge in [0.2, 0.25) is 0 Å². The van der Waals surface area contributed by atoms with Crippen LogP contribution in [0, 0.1) is 0 Å². The Morgan fingerprint density at radius 2 is 1.30 bits per heavy atom. The lowest BCUT2D eigenvalue weighted by Crippen LogP contribution is -2.40. The molecule has 0 aromatic heterocycles. The standard InChI is InChI=1S/C36H28N2O6/c39-33-17-18-34(40)38(33)44-35(41)21-37(20-24-19-23-9-1-2-10-25(23)27-12-4-3-11-26(24)27)36(42)43-22-32-30-15-7-5-13-28(30)29-14-6-8-16-31(29)32/h1-16,19,32H,17-18,20-22H2. The van der Waals surface area contributed by atoms with Crippen LogP contribution in [0.3, 0.4) is 0 Å². The second-order valence-corrected chi connectivity index (χ2v) is 11.0. The Hall–Kier alpha value is -5.50. The van der Waals surface area contributed by atoms with Crippen molar-refractivity contribution in [3.05, 3.63) is 120 Å². The van der Waals surface area contributed by atoms with E-state index >= 15 is 0 Å². The molecule has 8 heteroatoms. The van der Waals surface area contributed by atoms with E-state index in [2.05, 4.69) is 12.1 Å². The van der Waals surface area contributed by atoms with Gasteiger partial charge in [0.15, 0.2) is 0 Å². The molecule has 0 atom stereocenters. The first-order valence-corrected chi connectivity index (χ1v) is 14.5. The highest BCUT2D eigenvalue weighted by Crippen LogP contribution is 2.44. The second kappa shape index (κ2) is 11.3. The molecule has 3 amide bonds. The third-order valence-corrected chi connectivity index (χ3v) is 8.33. The highest BCUT2D eigenvalue weighted by Gasteiger charge is 2.34. The van der Waals surface area contributed by atoms with Crippen LogP contribution in [0.4, 0.5) is 4.79 Å². The first-order chi connectivity index (χ1) is 21.5. The van der Waals surface area contributed by atoms with Crippen LogP contribution in [-0.2, 0) is 30.5 Å². The molecule has 0 unspecified atom stereocenters. The lowest BCUT2D eigenvalue weighted by Gasteiger charge is -2.24. The van der Waals surface area contributed by atoms with Crippen molar-refractivity contribution in [1.82, 2.24) is 9.96 Å². The molecule has 0 spiro atoms. The smallest absolute Gasteiger partial charge is 0.410 e. The average molecular weight is 585 g/mol. The van der Waals surface area contributed by atoms with Gasteiger partial charge in [-0.3, -0.25) is 14.5 Å². The summed E-state index contributed by atoms with van der Waals surface area (Å²) in [6.07, 6.45) is -0.753. The molecule has 0 radical (unpaired) electrons. The predicted octanol–water partition coefficient (Wildman–Crippen LogP) is 6.35. The highest BCUT2D eigenvalue weighted by molar-refractivity contribution is 6.09. The highest BCUT2D eigenvalue weighted by atomic mass is 16.7. The van der Waals surface area contributed by atoms with Crippen LogP contribution >= 0.6 is 0 Å². The Labute approximate surface area is 253 Å². The van der Waals surface area contributed by atoms with E-state index in [9.17, 15) is 19.2 Å². The van der Waals surface area contributed by atoms with E-state index in [1.807, 2.05) is 91.0 Å². The van der Waals surface area contributed by atoms with Crippen molar-refractivity contribution in [3.63, 3.8) is 0 Å². The van der Waals surface area contributed by atoms with E-state index in [4.69, 9.17) is 9.57 Å². The predicted molar refractivity (Wildman–Crippen MR) is 164 cm³/mol. The van der Waals surface area contributed by atoms with Crippen molar-refractivity contribution in [1.29, 1.82) is 0 Å². The minimum atomic E-state index is -0.910. The molecule has 1 saturated heterocycles. The van der Waals surface area contributed by atoms with Gasteiger partial charge in [-0.1, -0.05) is 97.1 Å². The minimum absolute atomic E-state index is 0.0225. The first kappa shape index (κ1) is 27.3. The SMILES string of the molecule is O=C(CN(Cc1cc2ccccc2c2ccccc12)C(=O)OCC1c2ccccc2-c2ccccc21)ON1C(=O)CCC1=O. The summed E-state index contributed by atoms with van der Waals surface area (Å²) < 4.78 is 5.92. The minimum Gasteiger partial charge on any atom is -0.448 e. The Morgan fingerprint density at radius 1 is 0.727 bits per heavy atom. The summed E-state index contributed by atoms with van der Waals surface area (Å²) in [6, 6.07) is 34.0. The second-order valence-electron chi connectivity index (χ2n) is 11.0. The average Bonchev–Trinajstić information content (AvgIpc) is 3.55.